The van der Waals surface area contributed by atoms with Crippen LogP contribution in [-0.4, -0.2) is 23.3 Å². The summed E-state index contributed by atoms with van der Waals surface area (Å²) in [5.74, 6) is -0.719. The van der Waals surface area contributed by atoms with Gasteiger partial charge >= 0.3 is 5.97 Å². The number of H-pyrrole nitrogens is 1. The molecule has 0 saturated heterocycles. The van der Waals surface area contributed by atoms with Crippen LogP contribution in [0.4, 0.5) is 0 Å². The fraction of sp³-hybridized carbons (Fsp3) is 0.222. The van der Waals surface area contributed by atoms with E-state index < -0.39 is 5.97 Å². The number of allylic oxidation sites excluding steroid dienone is 1. The molecule has 0 bridgehead atoms. The Bertz CT molecular complexity index is 802. The van der Waals surface area contributed by atoms with Gasteiger partial charge in [-0.25, -0.2) is 4.79 Å². The van der Waals surface area contributed by atoms with Crippen molar-refractivity contribution in [3.8, 4) is 0 Å². The van der Waals surface area contributed by atoms with Gasteiger partial charge in [-0.2, -0.15) is 0 Å². The standard InChI is InChI=1S/C18H17Cl2NO3/c1-4-24-18(23)17-10(2)16(11(3)21-17)15(22)9-8-12-13(19)6-5-7-14(12)20/h5-9,21H,4H2,1-3H3/b9-8+. The first kappa shape index (κ1) is 18.3. The van der Waals surface area contributed by atoms with Crippen LogP contribution in [0.25, 0.3) is 6.08 Å². The summed E-state index contributed by atoms with van der Waals surface area (Å²) in [6.45, 7) is 5.44. The molecule has 0 aliphatic rings. The van der Waals surface area contributed by atoms with Gasteiger partial charge in [0.25, 0.3) is 0 Å². The van der Waals surface area contributed by atoms with Crippen molar-refractivity contribution in [1.29, 1.82) is 0 Å². The number of aromatic nitrogens is 1. The van der Waals surface area contributed by atoms with Crippen LogP contribution in [0.5, 0.6) is 0 Å². The molecular weight excluding hydrogens is 349 g/mol. The predicted octanol–water partition coefficient (Wildman–Crippen LogP) is 5.01. The molecule has 1 N–H and O–H groups in total. The maximum atomic E-state index is 12.5. The number of ketones is 1. The molecule has 4 nitrogen and oxygen atoms in total. The summed E-state index contributed by atoms with van der Waals surface area (Å²) >= 11 is 12.2. The van der Waals surface area contributed by atoms with E-state index in [9.17, 15) is 9.59 Å². The minimum atomic E-state index is -0.477. The first-order valence-electron chi connectivity index (χ1n) is 7.39. The van der Waals surface area contributed by atoms with E-state index in [1.165, 1.54) is 6.08 Å². The number of nitrogens with one attached hydrogen (secondary N) is 1. The smallest absolute Gasteiger partial charge is 0.355 e. The summed E-state index contributed by atoms with van der Waals surface area (Å²) in [5, 5.41) is 0.919. The molecule has 0 aliphatic heterocycles. The maximum absolute atomic E-state index is 12.5. The zero-order chi connectivity index (χ0) is 17.9. The number of carbonyl (C=O) groups excluding carboxylic acids is 2. The normalized spacial score (nSPS) is 11.0. The number of aromatic amines is 1. The number of rotatable bonds is 5. The average molecular weight is 366 g/mol. The fourth-order valence-electron chi connectivity index (χ4n) is 2.44. The van der Waals surface area contributed by atoms with Crippen LogP contribution in [0.15, 0.2) is 24.3 Å². The zero-order valence-electron chi connectivity index (χ0n) is 13.6. The Kier molecular flexibility index (Phi) is 5.86. The number of ether oxygens (including phenoxy) is 1. The highest BCUT2D eigenvalue weighted by Crippen LogP contribution is 2.26. The Hall–Kier alpha value is -2.04. The lowest BCUT2D eigenvalue weighted by Gasteiger charge is -2.02. The topological polar surface area (TPSA) is 59.2 Å². The highest BCUT2D eigenvalue weighted by molar-refractivity contribution is 6.37. The molecule has 2 rings (SSSR count). The molecule has 1 aromatic heterocycles. The summed E-state index contributed by atoms with van der Waals surface area (Å²) in [6.07, 6.45) is 2.97. The Morgan fingerprint density at radius 2 is 1.83 bits per heavy atom. The lowest BCUT2D eigenvalue weighted by atomic mass is 10.0. The molecule has 0 amide bonds. The molecule has 0 saturated carbocycles. The molecule has 0 unspecified atom stereocenters. The Morgan fingerprint density at radius 3 is 2.42 bits per heavy atom. The van der Waals surface area contributed by atoms with Gasteiger partial charge in [0.2, 0.25) is 0 Å². The number of hydrogen-bond donors (Lipinski definition) is 1. The van der Waals surface area contributed by atoms with Crippen molar-refractivity contribution in [3.63, 3.8) is 0 Å². The highest BCUT2D eigenvalue weighted by Gasteiger charge is 2.21. The van der Waals surface area contributed by atoms with Crippen molar-refractivity contribution in [2.45, 2.75) is 20.8 Å². The third-order valence-corrected chi connectivity index (χ3v) is 4.22. The Labute approximate surface area is 150 Å². The van der Waals surface area contributed by atoms with Crippen LogP contribution < -0.4 is 0 Å². The average Bonchev–Trinajstić information content (AvgIpc) is 2.82. The Balaban J connectivity index is 2.34. The minimum absolute atomic E-state index is 0.243. The SMILES string of the molecule is CCOC(=O)c1[nH]c(C)c(C(=O)/C=C/c2c(Cl)cccc2Cl)c1C. The van der Waals surface area contributed by atoms with E-state index >= 15 is 0 Å². The summed E-state index contributed by atoms with van der Waals surface area (Å²) in [5.41, 5.74) is 2.48. The van der Waals surface area contributed by atoms with Gasteiger partial charge in [0.1, 0.15) is 5.69 Å². The second-order valence-electron chi connectivity index (χ2n) is 5.18. The van der Waals surface area contributed by atoms with Gasteiger partial charge in [-0.15, -0.1) is 0 Å². The molecule has 0 atom stereocenters. The van der Waals surface area contributed by atoms with Gasteiger partial charge in [-0.3, -0.25) is 4.79 Å². The maximum Gasteiger partial charge on any atom is 0.355 e. The van der Waals surface area contributed by atoms with E-state index in [-0.39, 0.29) is 12.4 Å². The molecule has 0 spiro atoms. The summed E-state index contributed by atoms with van der Waals surface area (Å²) in [4.78, 5) is 27.4. The van der Waals surface area contributed by atoms with E-state index in [0.29, 0.717) is 38.1 Å². The van der Waals surface area contributed by atoms with Gasteiger partial charge in [-0.1, -0.05) is 29.3 Å². The van der Waals surface area contributed by atoms with Crippen molar-refractivity contribution < 1.29 is 14.3 Å². The van der Waals surface area contributed by atoms with Gasteiger partial charge in [-0.05, 0) is 50.6 Å². The van der Waals surface area contributed by atoms with Crippen molar-refractivity contribution in [2.24, 2.45) is 0 Å². The fourth-order valence-corrected chi connectivity index (χ4v) is 2.96. The van der Waals surface area contributed by atoms with E-state index in [1.807, 2.05) is 0 Å². The molecule has 2 aromatic rings. The number of benzene rings is 1. The molecule has 126 valence electrons. The van der Waals surface area contributed by atoms with Crippen LogP contribution in [0.1, 0.15) is 44.6 Å². The summed E-state index contributed by atoms with van der Waals surface area (Å²) in [7, 11) is 0. The van der Waals surface area contributed by atoms with Crippen molar-refractivity contribution in [3.05, 3.63) is 62.4 Å². The minimum Gasteiger partial charge on any atom is -0.461 e. The number of esters is 1. The second kappa shape index (κ2) is 7.69. The second-order valence-corrected chi connectivity index (χ2v) is 5.99. The van der Waals surface area contributed by atoms with Gasteiger partial charge in [0.15, 0.2) is 5.78 Å². The van der Waals surface area contributed by atoms with E-state index in [1.54, 1.807) is 45.0 Å². The van der Waals surface area contributed by atoms with Gasteiger partial charge in [0, 0.05) is 26.9 Å². The predicted molar refractivity (Wildman–Crippen MR) is 96.0 cm³/mol. The van der Waals surface area contributed by atoms with Crippen molar-refractivity contribution in [1.82, 2.24) is 4.98 Å². The van der Waals surface area contributed by atoms with E-state index in [0.717, 1.165) is 0 Å². The van der Waals surface area contributed by atoms with Gasteiger partial charge < -0.3 is 9.72 Å². The first-order chi connectivity index (χ1) is 11.4. The summed E-state index contributed by atoms with van der Waals surface area (Å²) < 4.78 is 4.98. The molecule has 1 heterocycles. The van der Waals surface area contributed by atoms with Crippen LogP contribution in [0.2, 0.25) is 10.0 Å². The van der Waals surface area contributed by atoms with Crippen LogP contribution in [-0.2, 0) is 4.74 Å². The molecule has 0 aliphatic carbocycles. The third kappa shape index (κ3) is 3.71. The van der Waals surface area contributed by atoms with Crippen LogP contribution in [0.3, 0.4) is 0 Å². The van der Waals surface area contributed by atoms with Crippen molar-refractivity contribution >= 4 is 41.0 Å². The highest BCUT2D eigenvalue weighted by atomic mass is 35.5. The lowest BCUT2D eigenvalue weighted by molar-refractivity contribution is 0.0519. The molecule has 6 heteroatoms. The van der Waals surface area contributed by atoms with Crippen LogP contribution >= 0.6 is 23.2 Å². The first-order valence-corrected chi connectivity index (χ1v) is 8.15. The number of aryl methyl sites for hydroxylation is 1. The Morgan fingerprint density at radius 1 is 1.21 bits per heavy atom. The quantitative estimate of drug-likeness (QED) is 0.460. The molecular formula is C18H17Cl2NO3. The van der Waals surface area contributed by atoms with E-state index in [4.69, 9.17) is 27.9 Å². The lowest BCUT2D eigenvalue weighted by Crippen LogP contribution is -2.07. The number of halogens is 2. The monoisotopic (exact) mass is 365 g/mol. The number of hydrogen-bond acceptors (Lipinski definition) is 3. The van der Waals surface area contributed by atoms with Crippen LogP contribution in [0, 0.1) is 13.8 Å². The molecule has 1 aromatic carbocycles. The molecule has 0 fully saturated rings. The van der Waals surface area contributed by atoms with Crippen molar-refractivity contribution in [2.75, 3.05) is 6.61 Å². The molecule has 24 heavy (non-hydrogen) atoms. The zero-order valence-corrected chi connectivity index (χ0v) is 15.1. The van der Waals surface area contributed by atoms with E-state index in [2.05, 4.69) is 4.98 Å². The van der Waals surface area contributed by atoms with Gasteiger partial charge in [0.05, 0.1) is 6.61 Å². The molecule has 0 radical (unpaired) electrons. The third-order valence-electron chi connectivity index (χ3n) is 3.56. The largest absolute Gasteiger partial charge is 0.461 e. The number of carbonyl (C=O) groups is 2. The summed E-state index contributed by atoms with van der Waals surface area (Å²) in [6, 6.07) is 5.13.